The molecule has 2 aliphatic rings. The van der Waals surface area contributed by atoms with Gasteiger partial charge in [-0.15, -0.1) is 11.8 Å². The van der Waals surface area contributed by atoms with E-state index in [4.69, 9.17) is 16.2 Å². The van der Waals surface area contributed by atoms with Crippen LogP contribution in [-0.4, -0.2) is 297 Å². The van der Waals surface area contributed by atoms with Crippen molar-refractivity contribution in [2.75, 3.05) is 72.6 Å². The Morgan fingerprint density at radius 2 is 1.09 bits per heavy atom. The molecule has 2 fully saturated rings. The van der Waals surface area contributed by atoms with Crippen molar-refractivity contribution in [2.45, 2.75) is 189 Å². The van der Waals surface area contributed by atoms with Crippen LogP contribution in [0.5, 0.6) is 5.75 Å². The van der Waals surface area contributed by atoms with Gasteiger partial charge in [-0.05, 0) is 96.3 Å². The highest BCUT2D eigenvalue weighted by Crippen LogP contribution is 2.27. The molecule has 2 saturated heterocycles. The number of aliphatic carboxylic acids is 1. The van der Waals surface area contributed by atoms with E-state index in [2.05, 4.69) is 58.2 Å². The summed E-state index contributed by atoms with van der Waals surface area (Å²) in [6, 6.07) is 7.19. The van der Waals surface area contributed by atoms with E-state index in [1.54, 1.807) is 98.0 Å². The molecular formula is C90H116F3N17O21S. The summed E-state index contributed by atoms with van der Waals surface area (Å²) >= 11 is 0.627. The number of thioether (sulfide) groups is 1. The van der Waals surface area contributed by atoms with Gasteiger partial charge in [0, 0.05) is 103 Å². The number of nitrogens with one attached hydrogen (secondary N) is 11. The zero-order chi connectivity index (χ0) is 96.7. The van der Waals surface area contributed by atoms with E-state index >= 15 is 47.1 Å². The van der Waals surface area contributed by atoms with E-state index in [9.17, 15) is 63.2 Å². The molecule has 38 nitrogen and oxygen atoms in total. The number of benzene rings is 5. The highest BCUT2D eigenvalue weighted by molar-refractivity contribution is 8.00. The number of primary amides is 1. The smallest absolute Gasteiger partial charge is 0.305 e. The lowest BCUT2D eigenvalue weighted by Crippen LogP contribution is -2.62. The number of phenols is 1. The first-order valence-corrected chi connectivity index (χ1v) is 44.2. The van der Waals surface area contributed by atoms with Crippen molar-refractivity contribution in [1.82, 2.24) is 77.8 Å². The van der Waals surface area contributed by atoms with Gasteiger partial charge >= 0.3 is 5.97 Å². The molecule has 1 unspecified atom stereocenters. The molecule has 714 valence electrons. The zero-order valence-corrected chi connectivity index (χ0v) is 75.0. The Morgan fingerprint density at radius 3 is 1.70 bits per heavy atom. The van der Waals surface area contributed by atoms with Gasteiger partial charge in [-0.3, -0.25) is 76.7 Å². The number of likely N-dealkylation sites (N-methyl/N-ethyl adjacent to an activating group) is 3. The first kappa shape index (κ1) is 104. The van der Waals surface area contributed by atoms with Crippen LogP contribution in [0.1, 0.15) is 100.0 Å². The first-order valence-electron chi connectivity index (χ1n) is 43.1. The maximum Gasteiger partial charge on any atom is 0.305 e. The van der Waals surface area contributed by atoms with Crippen LogP contribution in [0.15, 0.2) is 128 Å². The number of aromatic amines is 1. The van der Waals surface area contributed by atoms with Crippen LogP contribution in [0.4, 0.5) is 13.2 Å². The Balaban J connectivity index is 1.23. The van der Waals surface area contributed by atoms with Gasteiger partial charge in [-0.2, -0.15) is 0 Å². The fourth-order valence-electron chi connectivity index (χ4n) is 15.3. The van der Waals surface area contributed by atoms with Crippen molar-refractivity contribution in [2.24, 2.45) is 17.4 Å². The topological polar surface area (TPSA) is 564 Å². The summed E-state index contributed by atoms with van der Waals surface area (Å²) in [6.07, 6.45) is -3.71. The number of hydrogen-bond acceptors (Lipinski definition) is 22. The number of aliphatic hydroxyl groups excluding tert-OH is 2. The van der Waals surface area contributed by atoms with Gasteiger partial charge in [0.1, 0.15) is 84.3 Å². The normalized spacial score (nSPS) is 23.7. The number of nitrogens with zero attached hydrogens (tertiary/aromatic N) is 4. The number of aromatic hydroxyl groups is 1. The van der Waals surface area contributed by atoms with Gasteiger partial charge < -0.3 is 114 Å². The second-order valence-electron chi connectivity index (χ2n) is 32.8. The van der Waals surface area contributed by atoms with Crippen LogP contribution >= 0.6 is 11.8 Å². The fourth-order valence-corrected chi connectivity index (χ4v) is 16.2. The number of ether oxygens (including phenoxy) is 1. The average Bonchev–Trinajstić information content (AvgIpc) is 1.58. The minimum Gasteiger partial charge on any atom is -0.508 e. The second-order valence-corrected chi connectivity index (χ2v) is 33.8. The predicted octanol–water partition coefficient (Wildman–Crippen LogP) is -0.953. The lowest BCUT2D eigenvalue weighted by molar-refractivity contribution is -0.149. The number of nitrogens with two attached hydrogens (primary N) is 2. The van der Waals surface area contributed by atoms with Crippen molar-refractivity contribution in [1.29, 1.82) is 0 Å². The van der Waals surface area contributed by atoms with E-state index in [1.807, 2.05) is 0 Å². The zero-order valence-electron chi connectivity index (χ0n) is 74.1. The van der Waals surface area contributed by atoms with E-state index in [-0.39, 0.29) is 70.3 Å². The number of halogens is 3. The maximum absolute atomic E-state index is 15.5. The number of unbranched alkanes of at least 4 members (excludes halogenated alkanes) is 1. The molecule has 2 aliphatic heterocycles. The summed E-state index contributed by atoms with van der Waals surface area (Å²) in [7, 11) is 4.81. The summed E-state index contributed by atoms with van der Waals surface area (Å²) in [5.41, 5.74) is 13.3. The summed E-state index contributed by atoms with van der Waals surface area (Å²) in [5, 5.41) is 68.8. The van der Waals surface area contributed by atoms with Gasteiger partial charge in [-0.1, -0.05) is 125 Å². The molecule has 14 atom stereocenters. The number of methoxy groups -OCH3 is 1. The van der Waals surface area contributed by atoms with Crippen LogP contribution in [0, 0.1) is 23.4 Å². The number of carbonyl (C=O) groups excluding carboxylic acids is 15. The number of para-hydroxylation sites is 1. The third kappa shape index (κ3) is 29.7. The summed E-state index contributed by atoms with van der Waals surface area (Å²) in [6.45, 7) is 1.88. The first-order chi connectivity index (χ1) is 62.8. The number of amides is 15. The standard InChI is InChI=1S/C90H116F3N17O21S/c1-8-9-26-69-84(124)104-67(46-111)83(123)102-65(42-75(116)117)82(122)106-77(49(2)3)90(130)108(5)70(38-50-19-12-10-13-20-50)85(125)100-62(25-18-32-94)88(128)110-45-56(113)41-71(110)86(126)103-64(40-54-43-96-60-24-17-16-23-57(54)60)81(121)101-63(36-52-27-29-55(112)30-28-52)80(120)99-61(31-33-131-7)79(119)105-68(78(118)97-44-73(95)114)47-132-48-74(115)98-66(37-53-34-58(91)76(93)59(92)35-53)87(127)109(6)72(89(129)107(69)4)39-51-21-14-11-15-22-51/h10-17,19-24,27-30,34-35,43,49,56,61-72,77,96,111-113H,8-9,18,25-26,31-33,36-42,44-48,94H2,1-7H3,(H2,95,114)(H,97,118)(H,98,115)(H,99,120)(H,100,125)(H,101,121)(H,102,123)(H,103,126)(H,104,124)(H,105,119)(H,106,122)(H,116,117)/t56-,61+,62+,63+,64+,65+,66+,67-,68+,69+,70+,71-,72?,77+/m1/s1. The number of aromatic nitrogens is 1. The number of aliphatic hydroxyl groups is 2. The minimum atomic E-state index is -2.09. The third-order valence-corrected chi connectivity index (χ3v) is 23.7. The Labute approximate surface area is 763 Å². The number of phenolic OH excluding ortho intramolecular Hbond substituents is 1. The molecule has 6 aromatic rings. The fraction of sp³-hybridized carbons (Fsp3) is 0.467. The van der Waals surface area contributed by atoms with E-state index in [1.165, 1.54) is 59.3 Å². The minimum absolute atomic E-state index is 0.0481. The maximum atomic E-state index is 15.5. The van der Waals surface area contributed by atoms with E-state index < -0.39 is 265 Å². The molecule has 0 bridgehead atoms. The van der Waals surface area contributed by atoms with Crippen molar-refractivity contribution in [3.05, 3.63) is 173 Å². The molecule has 0 aliphatic carbocycles. The van der Waals surface area contributed by atoms with Crippen LogP contribution in [0.3, 0.4) is 0 Å². The molecule has 3 heterocycles. The van der Waals surface area contributed by atoms with Crippen molar-refractivity contribution in [3.63, 3.8) is 0 Å². The molecule has 5 aromatic carbocycles. The summed E-state index contributed by atoms with van der Waals surface area (Å²) < 4.78 is 50.3. The Hall–Kier alpha value is -13.1. The molecule has 0 saturated carbocycles. The lowest BCUT2D eigenvalue weighted by Gasteiger charge is -2.36. The van der Waals surface area contributed by atoms with E-state index in [0.29, 0.717) is 63.5 Å². The Kier molecular flexibility index (Phi) is 39.8. The van der Waals surface area contributed by atoms with Crippen molar-refractivity contribution in [3.8, 4) is 5.75 Å². The van der Waals surface area contributed by atoms with Gasteiger partial charge in [0.2, 0.25) is 88.6 Å². The lowest BCUT2D eigenvalue weighted by atomic mass is 9.98. The Morgan fingerprint density at radius 1 is 0.561 bits per heavy atom. The molecule has 19 N–H and O–H groups in total. The van der Waals surface area contributed by atoms with Crippen LogP contribution in [-0.2, 0) is 114 Å². The number of hydrogen-bond donors (Lipinski definition) is 17. The number of carboxylic acids is 1. The number of rotatable bonds is 26. The van der Waals surface area contributed by atoms with E-state index in [0.717, 1.165) is 26.6 Å². The SMILES string of the molecule is CCCC[C@H]1C(=O)N[C@H](CO)C(=O)N[C@@H](CC(=O)O)C(=O)N[C@@H](C(C)C)C(=O)N(C)[C@@H](Cc2ccccc2)C(=O)N[C@@H](CCCN)C(=O)N2C[C@H](O)C[C@@H]2C(=O)N[C@@H](Cc2c[nH]c3ccccc23)C(=O)N[C@@H](Cc2ccc(O)cc2)C(=O)N[C@@H](CCOC)C(=O)N[C@H](C(=O)NCC(N)=O)CSCC(=O)N[C@@H](Cc2cc(F)c(F)c(F)c2)C(=O)N(C)C(Cc2ccccc2)C(=O)N1C. The van der Waals surface area contributed by atoms with Gasteiger partial charge in [0.05, 0.1) is 31.4 Å². The highest BCUT2D eigenvalue weighted by atomic mass is 32.2. The molecule has 0 spiro atoms. The van der Waals surface area contributed by atoms with Crippen molar-refractivity contribution >= 4 is 117 Å². The largest absolute Gasteiger partial charge is 0.508 e. The van der Waals surface area contributed by atoms with Gasteiger partial charge in [0.15, 0.2) is 17.5 Å². The number of carboxylic acid groups (broad SMARTS) is 1. The average molecular weight is 1860 g/mol. The van der Waals surface area contributed by atoms with Crippen molar-refractivity contribution < 1.29 is 115 Å². The molecule has 42 heteroatoms. The molecule has 132 heavy (non-hydrogen) atoms. The molecule has 0 radical (unpaired) electrons. The molecular weight excluding hydrogens is 1740 g/mol. The molecule has 15 amide bonds. The Bertz CT molecular complexity index is 5040. The number of H-pyrrole nitrogens is 1. The number of carbonyl (C=O) groups is 16. The summed E-state index contributed by atoms with van der Waals surface area (Å²) in [4.78, 5) is 242. The number of fused-ring (bicyclic) bond motifs is 2. The van der Waals surface area contributed by atoms with Crippen LogP contribution in [0.25, 0.3) is 10.9 Å². The van der Waals surface area contributed by atoms with Gasteiger partial charge in [0.25, 0.3) is 0 Å². The van der Waals surface area contributed by atoms with Gasteiger partial charge in [-0.25, -0.2) is 13.2 Å². The predicted molar refractivity (Wildman–Crippen MR) is 475 cm³/mol. The third-order valence-electron chi connectivity index (χ3n) is 22.6. The molecule has 1 aromatic heterocycles. The molecule has 8 rings (SSSR count). The monoisotopic (exact) mass is 1860 g/mol. The van der Waals surface area contributed by atoms with Crippen LogP contribution in [0.2, 0.25) is 0 Å². The second kappa shape index (κ2) is 50.4. The highest BCUT2D eigenvalue weighted by Gasteiger charge is 2.46. The van der Waals surface area contributed by atoms with Crippen LogP contribution < -0.4 is 64.6 Å². The quantitative estimate of drug-likeness (QED) is 0.0291. The summed E-state index contributed by atoms with van der Waals surface area (Å²) in [5.74, 6) is -25.5.